The summed E-state index contributed by atoms with van der Waals surface area (Å²) in [6.45, 7) is 0.938. The summed E-state index contributed by atoms with van der Waals surface area (Å²) in [7, 11) is 0. The number of aliphatic hydroxyl groups excluding tert-OH is 1. The second-order valence-corrected chi connectivity index (χ2v) is 8.09. The topological polar surface area (TPSA) is 78.9 Å². The zero-order chi connectivity index (χ0) is 20.9. The lowest BCUT2D eigenvalue weighted by Gasteiger charge is -2.38. The van der Waals surface area contributed by atoms with E-state index < -0.39 is 12.1 Å². The first kappa shape index (κ1) is 20.6. The third-order valence-electron chi connectivity index (χ3n) is 5.77. The molecule has 1 aliphatic heterocycles. The van der Waals surface area contributed by atoms with E-state index in [0.29, 0.717) is 18.7 Å². The number of nitrogens with zero attached hydrogens (tertiary/aromatic N) is 1. The van der Waals surface area contributed by atoms with E-state index in [2.05, 4.69) is 17.4 Å². The second kappa shape index (κ2) is 9.41. The molecule has 4 rings (SSSR count). The van der Waals surface area contributed by atoms with Crippen molar-refractivity contribution in [1.29, 1.82) is 0 Å². The molecule has 1 heterocycles. The monoisotopic (exact) mass is 408 g/mol. The van der Waals surface area contributed by atoms with Crippen molar-refractivity contribution in [3.05, 3.63) is 65.7 Å². The van der Waals surface area contributed by atoms with Crippen LogP contribution in [-0.4, -0.2) is 47.6 Å². The van der Waals surface area contributed by atoms with Gasteiger partial charge in [0.25, 0.3) is 0 Å². The lowest BCUT2D eigenvalue weighted by atomic mass is 9.99. The van der Waals surface area contributed by atoms with Gasteiger partial charge >= 0.3 is 0 Å². The smallest absolute Gasteiger partial charge is 0.248 e. The average Bonchev–Trinajstić information content (AvgIpc) is 3.61. The maximum Gasteiger partial charge on any atom is 0.248 e. The Balaban J connectivity index is 1.38. The van der Waals surface area contributed by atoms with E-state index in [0.717, 1.165) is 31.4 Å². The zero-order valence-electron chi connectivity index (χ0n) is 17.0. The van der Waals surface area contributed by atoms with Crippen LogP contribution in [0.2, 0.25) is 0 Å². The Kier molecular flexibility index (Phi) is 6.45. The minimum atomic E-state index is -0.848. The van der Waals surface area contributed by atoms with E-state index in [1.807, 2.05) is 18.2 Å². The number of amides is 2. The Hall–Kier alpha value is -2.70. The summed E-state index contributed by atoms with van der Waals surface area (Å²) >= 11 is 0. The van der Waals surface area contributed by atoms with Gasteiger partial charge < -0.3 is 20.1 Å². The Bertz CT molecular complexity index is 865. The Labute approximate surface area is 176 Å². The highest BCUT2D eigenvalue weighted by molar-refractivity contribution is 5.94. The minimum absolute atomic E-state index is 0.0548. The fourth-order valence-corrected chi connectivity index (χ4v) is 3.85. The summed E-state index contributed by atoms with van der Waals surface area (Å²) in [6.07, 6.45) is 2.77. The summed E-state index contributed by atoms with van der Waals surface area (Å²) < 4.78 is 5.43. The molecule has 30 heavy (non-hydrogen) atoms. The van der Waals surface area contributed by atoms with Crippen molar-refractivity contribution in [2.24, 2.45) is 5.92 Å². The molecule has 158 valence electrons. The number of anilines is 1. The Morgan fingerprint density at radius 2 is 1.87 bits per heavy atom. The molecule has 0 unspecified atom stereocenters. The number of carbonyl (C=O) groups excluding carboxylic acids is 2. The van der Waals surface area contributed by atoms with Gasteiger partial charge in [0.05, 0.1) is 12.6 Å². The number of nitrogens with one attached hydrogen (secondary N) is 1. The summed E-state index contributed by atoms with van der Waals surface area (Å²) in [5.41, 5.74) is 2.66. The van der Waals surface area contributed by atoms with Crippen LogP contribution in [0.1, 0.15) is 36.5 Å². The first-order valence-corrected chi connectivity index (χ1v) is 10.6. The molecule has 1 saturated carbocycles. The third kappa shape index (κ3) is 5.07. The SMILES string of the molecule is O=C(Nc1ccc([C@@H](O)[C@H]2COCC(=O)N2CCCc2ccccc2)cc1)C1CC1. The fourth-order valence-electron chi connectivity index (χ4n) is 3.85. The van der Waals surface area contributed by atoms with Crippen LogP contribution < -0.4 is 5.32 Å². The van der Waals surface area contributed by atoms with Crippen molar-refractivity contribution in [3.63, 3.8) is 0 Å². The fraction of sp³-hybridized carbons (Fsp3) is 0.417. The minimum Gasteiger partial charge on any atom is -0.386 e. The molecule has 2 aromatic rings. The van der Waals surface area contributed by atoms with E-state index in [4.69, 9.17) is 4.74 Å². The zero-order valence-corrected chi connectivity index (χ0v) is 17.0. The Morgan fingerprint density at radius 1 is 1.13 bits per heavy atom. The van der Waals surface area contributed by atoms with Gasteiger partial charge in [0.15, 0.2) is 0 Å². The molecule has 0 bridgehead atoms. The van der Waals surface area contributed by atoms with Gasteiger partial charge in [-0.1, -0.05) is 42.5 Å². The normalized spacial score (nSPS) is 20.1. The maximum atomic E-state index is 12.5. The van der Waals surface area contributed by atoms with Crippen LogP contribution in [0.25, 0.3) is 0 Å². The van der Waals surface area contributed by atoms with Crippen molar-refractivity contribution < 1.29 is 19.4 Å². The van der Waals surface area contributed by atoms with Gasteiger partial charge in [0, 0.05) is 18.2 Å². The number of rotatable bonds is 8. The molecule has 2 amide bonds. The van der Waals surface area contributed by atoms with Crippen molar-refractivity contribution in [2.75, 3.05) is 25.1 Å². The van der Waals surface area contributed by atoms with Crippen LogP contribution in [0, 0.1) is 5.92 Å². The van der Waals surface area contributed by atoms with Gasteiger partial charge in [-0.3, -0.25) is 9.59 Å². The summed E-state index contributed by atoms with van der Waals surface area (Å²) in [4.78, 5) is 26.1. The first-order valence-electron chi connectivity index (χ1n) is 10.6. The average molecular weight is 408 g/mol. The predicted molar refractivity (Wildman–Crippen MR) is 114 cm³/mol. The molecule has 1 saturated heterocycles. The molecule has 0 aromatic heterocycles. The van der Waals surface area contributed by atoms with Gasteiger partial charge in [-0.05, 0) is 48.9 Å². The summed E-state index contributed by atoms with van der Waals surface area (Å²) in [5.74, 6) is 0.107. The highest BCUT2D eigenvalue weighted by Gasteiger charge is 2.34. The molecule has 1 aliphatic carbocycles. The van der Waals surface area contributed by atoms with E-state index >= 15 is 0 Å². The highest BCUT2D eigenvalue weighted by Crippen LogP contribution is 2.31. The molecule has 0 radical (unpaired) electrons. The molecule has 2 aliphatic rings. The van der Waals surface area contributed by atoms with Crippen LogP contribution in [0.15, 0.2) is 54.6 Å². The summed E-state index contributed by atoms with van der Waals surface area (Å²) in [6, 6.07) is 16.9. The largest absolute Gasteiger partial charge is 0.386 e. The quantitative estimate of drug-likeness (QED) is 0.704. The number of morpholine rings is 1. The van der Waals surface area contributed by atoms with E-state index in [-0.39, 0.29) is 24.3 Å². The molecular formula is C24H28N2O4. The van der Waals surface area contributed by atoms with Gasteiger partial charge in [-0.25, -0.2) is 0 Å². The molecule has 6 heteroatoms. The first-order chi connectivity index (χ1) is 14.6. The van der Waals surface area contributed by atoms with E-state index in [1.54, 1.807) is 29.2 Å². The number of carbonyl (C=O) groups is 2. The second-order valence-electron chi connectivity index (χ2n) is 8.09. The van der Waals surface area contributed by atoms with Gasteiger partial charge in [0.1, 0.15) is 12.7 Å². The van der Waals surface area contributed by atoms with Crippen LogP contribution >= 0.6 is 0 Å². The van der Waals surface area contributed by atoms with Crippen molar-refractivity contribution >= 4 is 17.5 Å². The van der Waals surface area contributed by atoms with Crippen molar-refractivity contribution in [2.45, 2.75) is 37.8 Å². The van der Waals surface area contributed by atoms with Crippen molar-refractivity contribution in [3.8, 4) is 0 Å². The molecule has 2 aromatic carbocycles. The van der Waals surface area contributed by atoms with Crippen molar-refractivity contribution in [1.82, 2.24) is 4.90 Å². The van der Waals surface area contributed by atoms with Crippen LogP contribution in [0.5, 0.6) is 0 Å². The van der Waals surface area contributed by atoms with E-state index in [9.17, 15) is 14.7 Å². The number of aryl methyl sites for hydroxylation is 1. The number of ether oxygens (including phenoxy) is 1. The van der Waals surface area contributed by atoms with Gasteiger partial charge in [-0.15, -0.1) is 0 Å². The lowest BCUT2D eigenvalue weighted by molar-refractivity contribution is -0.154. The van der Waals surface area contributed by atoms with E-state index in [1.165, 1.54) is 5.56 Å². The molecule has 2 atom stereocenters. The molecule has 0 spiro atoms. The third-order valence-corrected chi connectivity index (χ3v) is 5.77. The standard InChI is InChI=1S/C24H28N2O4/c27-22-16-30-15-21(26(22)14-4-7-17-5-2-1-3-6-17)23(28)18-10-12-20(13-11-18)25-24(29)19-8-9-19/h1-3,5-6,10-13,19,21,23,28H,4,7-9,14-16H2,(H,25,29)/t21-,23-/m1/s1. The van der Waals surface area contributed by atoms with Crippen LogP contribution in [0.3, 0.4) is 0 Å². The number of hydrogen-bond acceptors (Lipinski definition) is 4. The predicted octanol–water partition coefficient (Wildman–Crippen LogP) is 2.93. The maximum absolute atomic E-state index is 12.5. The number of benzene rings is 2. The number of aliphatic hydroxyl groups is 1. The summed E-state index contributed by atoms with van der Waals surface area (Å²) in [5, 5.41) is 13.9. The molecule has 6 nitrogen and oxygen atoms in total. The van der Waals surface area contributed by atoms with Gasteiger partial charge in [-0.2, -0.15) is 0 Å². The molecular weight excluding hydrogens is 380 g/mol. The van der Waals surface area contributed by atoms with Crippen LogP contribution in [0.4, 0.5) is 5.69 Å². The molecule has 2 fully saturated rings. The highest BCUT2D eigenvalue weighted by atomic mass is 16.5. The van der Waals surface area contributed by atoms with Crippen LogP contribution in [-0.2, 0) is 20.7 Å². The Morgan fingerprint density at radius 3 is 2.57 bits per heavy atom. The lowest BCUT2D eigenvalue weighted by Crippen LogP contribution is -2.52. The molecule has 2 N–H and O–H groups in total. The van der Waals surface area contributed by atoms with Gasteiger partial charge in [0.2, 0.25) is 11.8 Å². The number of hydrogen-bond donors (Lipinski definition) is 2.